The number of hydrogen-bond acceptors (Lipinski definition) is 6. The van der Waals surface area contributed by atoms with Crippen molar-refractivity contribution in [2.24, 2.45) is 0 Å². The SMILES string of the molecule is CCCCCCCCCCCCCCCCCCCCCc1ccc2c(c1)CO[C@]1(C2)[C@@H](CO)O[C@@H](n2ccc(=O)[nH]c2=O)[C@@H]1O. The molecule has 1 saturated heterocycles. The predicted octanol–water partition coefficient (Wildman–Crippen LogP) is 7.27. The molecule has 2 aromatic rings. The molecule has 258 valence electrons. The molecule has 0 amide bonds. The van der Waals surface area contributed by atoms with Gasteiger partial charge in [-0.1, -0.05) is 141 Å². The van der Waals surface area contributed by atoms with Crippen molar-refractivity contribution in [3.05, 3.63) is 68.0 Å². The van der Waals surface area contributed by atoms with Gasteiger partial charge in [0.1, 0.15) is 17.8 Å². The van der Waals surface area contributed by atoms with Crippen LogP contribution in [0.5, 0.6) is 0 Å². The molecule has 0 radical (unpaired) electrons. The number of hydrogen-bond donors (Lipinski definition) is 3. The number of nitrogens with zero attached hydrogens (tertiary/aromatic N) is 1. The Morgan fingerprint density at radius 1 is 0.804 bits per heavy atom. The average Bonchev–Trinajstić information content (AvgIpc) is 3.31. The second-order valence-corrected chi connectivity index (χ2v) is 13.8. The van der Waals surface area contributed by atoms with Crippen LogP contribution in [-0.4, -0.2) is 44.2 Å². The number of benzene rings is 1. The number of unbranched alkanes of at least 4 members (excludes halogenated alkanes) is 18. The van der Waals surface area contributed by atoms with Crippen molar-refractivity contribution in [2.75, 3.05) is 6.61 Å². The Balaban J connectivity index is 1.07. The van der Waals surface area contributed by atoms with Crippen LogP contribution in [0.1, 0.15) is 152 Å². The minimum Gasteiger partial charge on any atom is -0.394 e. The highest BCUT2D eigenvalue weighted by Gasteiger charge is 2.59. The van der Waals surface area contributed by atoms with Gasteiger partial charge in [0, 0.05) is 18.7 Å². The molecule has 8 heteroatoms. The zero-order valence-corrected chi connectivity index (χ0v) is 28.4. The lowest BCUT2D eigenvalue weighted by Gasteiger charge is -2.40. The minimum atomic E-state index is -1.20. The van der Waals surface area contributed by atoms with Crippen molar-refractivity contribution in [3.63, 3.8) is 0 Å². The van der Waals surface area contributed by atoms with Crippen LogP contribution in [0.25, 0.3) is 0 Å². The predicted molar refractivity (Wildman–Crippen MR) is 183 cm³/mol. The lowest BCUT2D eigenvalue weighted by atomic mass is 9.81. The molecule has 3 heterocycles. The van der Waals surface area contributed by atoms with Gasteiger partial charge in [0.25, 0.3) is 5.56 Å². The summed E-state index contributed by atoms with van der Waals surface area (Å²) in [5.74, 6) is 0. The van der Waals surface area contributed by atoms with E-state index >= 15 is 0 Å². The summed E-state index contributed by atoms with van der Waals surface area (Å²) in [7, 11) is 0. The molecule has 1 fully saturated rings. The van der Waals surface area contributed by atoms with Crippen molar-refractivity contribution >= 4 is 0 Å². The van der Waals surface area contributed by atoms with Crippen molar-refractivity contribution < 1.29 is 19.7 Å². The third kappa shape index (κ3) is 10.4. The molecule has 3 N–H and O–H groups in total. The Labute approximate surface area is 275 Å². The monoisotopic (exact) mass is 640 g/mol. The van der Waals surface area contributed by atoms with E-state index in [0.717, 1.165) is 22.1 Å². The number of ether oxygens (including phenoxy) is 2. The lowest BCUT2D eigenvalue weighted by molar-refractivity contribution is -0.152. The molecule has 4 atom stereocenters. The number of nitrogens with one attached hydrogen (secondary N) is 1. The van der Waals surface area contributed by atoms with Crippen LogP contribution in [0.3, 0.4) is 0 Å². The molecule has 0 bridgehead atoms. The molecule has 1 aromatic carbocycles. The summed E-state index contributed by atoms with van der Waals surface area (Å²) in [6, 6.07) is 7.67. The van der Waals surface area contributed by atoms with Crippen LogP contribution in [0.15, 0.2) is 40.1 Å². The third-order valence-corrected chi connectivity index (χ3v) is 10.2. The van der Waals surface area contributed by atoms with Crippen LogP contribution in [0, 0.1) is 0 Å². The van der Waals surface area contributed by atoms with Crippen LogP contribution in [-0.2, 0) is 28.9 Å². The summed E-state index contributed by atoms with van der Waals surface area (Å²) >= 11 is 0. The standard InChI is InChI=1S/C38H60N2O6/c1-2-3-4-5-6-7-8-9-10-11-12-13-14-15-16-17-18-19-20-21-30-22-23-31-27-38(45-29-32(31)26-30)33(28-41)46-36(35(38)43)40-25-24-34(42)39-37(40)44/h22-26,33,35-36,41,43H,2-21,27-29H2,1H3,(H,39,42,44)/t33-,35+,36-,38-/m1/s1. The molecule has 4 rings (SSSR count). The largest absolute Gasteiger partial charge is 0.394 e. The highest BCUT2D eigenvalue weighted by molar-refractivity contribution is 5.36. The summed E-state index contributed by atoms with van der Waals surface area (Å²) in [5, 5.41) is 21.4. The normalized spacial score (nSPS) is 22.5. The van der Waals surface area contributed by atoms with Crippen LogP contribution in [0.2, 0.25) is 0 Å². The number of aryl methyl sites for hydroxylation is 1. The quantitative estimate of drug-likeness (QED) is 0.117. The molecule has 0 saturated carbocycles. The van der Waals surface area contributed by atoms with E-state index in [1.807, 2.05) is 0 Å². The molecular formula is C38H60N2O6. The maximum atomic E-state index is 12.4. The summed E-state index contributed by atoms with van der Waals surface area (Å²) in [5.41, 5.74) is 1.05. The molecule has 1 spiro atoms. The Morgan fingerprint density at radius 3 is 1.91 bits per heavy atom. The average molecular weight is 641 g/mol. The topological polar surface area (TPSA) is 114 Å². The fourth-order valence-electron chi connectivity index (χ4n) is 7.34. The summed E-state index contributed by atoms with van der Waals surface area (Å²) in [6.07, 6.45) is 25.8. The van der Waals surface area contributed by atoms with E-state index in [-0.39, 0.29) is 6.61 Å². The third-order valence-electron chi connectivity index (χ3n) is 10.2. The fraction of sp³-hybridized carbons (Fsp3) is 0.737. The summed E-state index contributed by atoms with van der Waals surface area (Å²) < 4.78 is 13.3. The number of fused-ring (bicyclic) bond motifs is 1. The van der Waals surface area contributed by atoms with Gasteiger partial charge in [-0.3, -0.25) is 14.3 Å². The second kappa shape index (κ2) is 19.5. The minimum absolute atomic E-state index is 0.298. The maximum absolute atomic E-state index is 12.4. The van der Waals surface area contributed by atoms with E-state index in [2.05, 4.69) is 30.1 Å². The van der Waals surface area contributed by atoms with E-state index in [1.165, 1.54) is 140 Å². The van der Waals surface area contributed by atoms with Crippen molar-refractivity contribution in [1.29, 1.82) is 0 Å². The van der Waals surface area contributed by atoms with Gasteiger partial charge in [-0.15, -0.1) is 0 Å². The van der Waals surface area contributed by atoms with Crippen molar-refractivity contribution in [2.45, 2.75) is 172 Å². The first-order valence-electron chi connectivity index (χ1n) is 18.5. The smallest absolute Gasteiger partial charge is 0.330 e. The zero-order valence-electron chi connectivity index (χ0n) is 28.4. The highest BCUT2D eigenvalue weighted by Crippen LogP contribution is 2.44. The van der Waals surface area contributed by atoms with Gasteiger partial charge in [0.05, 0.1) is 13.2 Å². The molecule has 2 aliphatic rings. The van der Waals surface area contributed by atoms with Crippen molar-refractivity contribution in [3.8, 4) is 0 Å². The van der Waals surface area contributed by atoms with E-state index < -0.39 is 35.3 Å². The molecule has 1 aromatic heterocycles. The first-order valence-corrected chi connectivity index (χ1v) is 18.5. The number of aromatic amines is 1. The van der Waals surface area contributed by atoms with Crippen LogP contribution in [0.4, 0.5) is 0 Å². The van der Waals surface area contributed by atoms with Crippen molar-refractivity contribution in [1.82, 2.24) is 9.55 Å². The number of aliphatic hydroxyl groups is 2. The Bertz CT molecular complexity index is 1270. The molecular weight excluding hydrogens is 580 g/mol. The van der Waals surface area contributed by atoms with Gasteiger partial charge >= 0.3 is 5.69 Å². The Kier molecular flexibility index (Phi) is 15.5. The van der Waals surface area contributed by atoms with Gasteiger partial charge in [-0.25, -0.2) is 4.79 Å². The van der Waals surface area contributed by atoms with Gasteiger partial charge in [0.15, 0.2) is 6.23 Å². The van der Waals surface area contributed by atoms with Crippen LogP contribution >= 0.6 is 0 Å². The second-order valence-electron chi connectivity index (χ2n) is 13.8. The number of aromatic nitrogens is 2. The Hall–Kier alpha value is -2.26. The molecule has 46 heavy (non-hydrogen) atoms. The molecule has 2 aliphatic heterocycles. The lowest BCUT2D eigenvalue weighted by Crippen LogP contribution is -2.55. The van der Waals surface area contributed by atoms with E-state index in [4.69, 9.17) is 9.47 Å². The van der Waals surface area contributed by atoms with E-state index in [1.54, 1.807) is 0 Å². The van der Waals surface area contributed by atoms with Crippen LogP contribution < -0.4 is 11.2 Å². The van der Waals surface area contributed by atoms with Gasteiger partial charge < -0.3 is 19.7 Å². The molecule has 0 aliphatic carbocycles. The number of rotatable bonds is 22. The Morgan fingerprint density at radius 2 is 1.37 bits per heavy atom. The molecule has 8 nitrogen and oxygen atoms in total. The summed E-state index contributed by atoms with van der Waals surface area (Å²) in [4.78, 5) is 26.1. The summed E-state index contributed by atoms with van der Waals surface area (Å²) in [6.45, 7) is 2.22. The maximum Gasteiger partial charge on any atom is 0.330 e. The first kappa shape index (κ1) is 36.6. The number of H-pyrrole nitrogens is 1. The zero-order chi connectivity index (χ0) is 32.6. The van der Waals surface area contributed by atoms with E-state index in [9.17, 15) is 19.8 Å². The first-order chi connectivity index (χ1) is 22.5. The van der Waals surface area contributed by atoms with Gasteiger partial charge in [-0.05, 0) is 29.5 Å². The molecule has 0 unspecified atom stereocenters. The fourth-order valence-corrected chi connectivity index (χ4v) is 7.34. The number of aliphatic hydroxyl groups excluding tert-OH is 2. The van der Waals surface area contributed by atoms with Gasteiger partial charge in [-0.2, -0.15) is 0 Å². The van der Waals surface area contributed by atoms with E-state index in [0.29, 0.717) is 13.0 Å². The van der Waals surface area contributed by atoms with Gasteiger partial charge in [0.2, 0.25) is 0 Å². The highest BCUT2D eigenvalue weighted by atomic mass is 16.6.